The van der Waals surface area contributed by atoms with Crippen molar-refractivity contribution in [2.24, 2.45) is 0 Å². The number of hydrogen-bond donors (Lipinski definition) is 7. The Morgan fingerprint density at radius 1 is 0.545 bits per heavy atom. The topological polar surface area (TPSA) is 97.1 Å². The summed E-state index contributed by atoms with van der Waals surface area (Å²) in [4.78, 5) is 4.13. The van der Waals surface area contributed by atoms with Gasteiger partial charge < -0.3 is 32.4 Å². The summed E-state index contributed by atoms with van der Waals surface area (Å²) >= 11 is 0. The number of aryl methyl sites for hydroxylation is 1. The van der Waals surface area contributed by atoms with Crippen LogP contribution in [0, 0.1) is 6.92 Å². The lowest BCUT2D eigenvalue weighted by Gasteiger charge is -2.19. The fraction of sp³-hybridized carbons (Fsp3) is 0.139. The largest absolute Gasteiger partial charge is 0.382 e. The number of pyridine rings is 1. The Balaban J connectivity index is 1.16. The third kappa shape index (κ3) is 6.39. The zero-order valence-electron chi connectivity index (χ0n) is 25.2. The zero-order valence-corrected chi connectivity index (χ0v) is 25.2. The maximum absolute atomic E-state index is 4.13. The summed E-state index contributed by atoms with van der Waals surface area (Å²) in [5, 5.41) is 8.19. The molecule has 8 heteroatoms. The van der Waals surface area contributed by atoms with Crippen molar-refractivity contribution in [3.8, 4) is 0 Å². The highest BCUT2D eigenvalue weighted by molar-refractivity contribution is 6.04. The van der Waals surface area contributed by atoms with E-state index in [0.717, 1.165) is 68.0 Å². The highest BCUT2D eigenvalue weighted by Gasteiger charge is 2.10. The van der Waals surface area contributed by atoms with Crippen LogP contribution in [-0.2, 0) is 0 Å². The molecule has 44 heavy (non-hydrogen) atoms. The van der Waals surface area contributed by atoms with Crippen LogP contribution in [0.5, 0.6) is 0 Å². The first kappa shape index (κ1) is 28.5. The number of nitrogens with one attached hydrogen (secondary N) is 7. The van der Waals surface area contributed by atoms with Gasteiger partial charge in [-0.15, -0.1) is 0 Å². The average Bonchev–Trinajstić information content (AvgIpc) is 3.07. The predicted molar refractivity (Wildman–Crippen MR) is 188 cm³/mol. The highest BCUT2D eigenvalue weighted by atomic mass is 15.4. The maximum atomic E-state index is 4.13. The summed E-state index contributed by atoms with van der Waals surface area (Å²) in [7, 11) is 0. The smallest absolute Gasteiger partial charge is 0.0723 e. The van der Waals surface area contributed by atoms with E-state index in [9.17, 15) is 0 Å². The minimum atomic E-state index is 0.406. The minimum Gasteiger partial charge on any atom is -0.382 e. The van der Waals surface area contributed by atoms with Crippen molar-refractivity contribution in [1.82, 2.24) is 4.98 Å². The number of nitrogens with zero attached hydrogens (tertiary/aromatic N) is 1. The lowest BCUT2D eigenvalue weighted by Crippen LogP contribution is -2.14. The molecule has 0 radical (unpaired) electrons. The Morgan fingerprint density at radius 2 is 1.05 bits per heavy atom. The van der Waals surface area contributed by atoms with Crippen LogP contribution in [0.1, 0.15) is 25.8 Å². The minimum absolute atomic E-state index is 0.406. The third-order valence-corrected chi connectivity index (χ3v) is 7.77. The molecule has 0 amide bonds. The van der Waals surface area contributed by atoms with Crippen LogP contribution in [0.3, 0.4) is 0 Å². The number of anilines is 7. The Hall–Kier alpha value is -5.63. The van der Waals surface area contributed by atoms with E-state index >= 15 is 0 Å². The van der Waals surface area contributed by atoms with Crippen molar-refractivity contribution >= 4 is 61.4 Å². The molecule has 0 bridgehead atoms. The van der Waals surface area contributed by atoms with Gasteiger partial charge in [0.25, 0.3) is 0 Å². The van der Waals surface area contributed by atoms with Crippen LogP contribution in [0.4, 0.5) is 39.8 Å². The molecule has 5 aromatic carbocycles. The Bertz CT molecular complexity index is 1870. The monoisotopic (exact) mass is 582 g/mol. The first-order valence-electron chi connectivity index (χ1n) is 15.0. The summed E-state index contributed by atoms with van der Waals surface area (Å²) in [6.45, 7) is 6.48. The van der Waals surface area contributed by atoms with Crippen molar-refractivity contribution in [2.45, 2.75) is 33.2 Å². The quantitative estimate of drug-likeness (QED) is 0.0718. The molecule has 222 valence electrons. The zero-order chi connectivity index (χ0) is 30.3. The van der Waals surface area contributed by atoms with Gasteiger partial charge in [0.15, 0.2) is 0 Å². The summed E-state index contributed by atoms with van der Waals surface area (Å²) < 4.78 is 0. The Labute approximate surface area is 258 Å². The molecule has 6 rings (SSSR count). The van der Waals surface area contributed by atoms with Crippen LogP contribution in [-0.4, -0.2) is 11.0 Å². The molecule has 0 aliphatic carbocycles. The summed E-state index contributed by atoms with van der Waals surface area (Å²) in [6.07, 6.45) is 4.59. The molecule has 0 saturated heterocycles. The molecular weight excluding hydrogens is 544 g/mol. The molecule has 0 fully saturated rings. The molecule has 6 aromatic rings. The molecule has 0 aliphatic heterocycles. The van der Waals surface area contributed by atoms with Crippen LogP contribution in [0.25, 0.3) is 21.5 Å². The van der Waals surface area contributed by atoms with E-state index in [2.05, 4.69) is 142 Å². The van der Waals surface area contributed by atoms with Crippen molar-refractivity contribution in [2.75, 3.05) is 37.9 Å². The van der Waals surface area contributed by atoms with Gasteiger partial charge in [0.1, 0.15) is 0 Å². The van der Waals surface area contributed by atoms with Crippen LogP contribution in [0.2, 0.25) is 0 Å². The van der Waals surface area contributed by atoms with Gasteiger partial charge in [-0.3, -0.25) is 10.4 Å². The molecule has 0 spiro atoms. The molecule has 1 aromatic heterocycles. The highest BCUT2D eigenvalue weighted by Crippen LogP contribution is 2.33. The van der Waals surface area contributed by atoms with Crippen LogP contribution < -0.4 is 37.9 Å². The van der Waals surface area contributed by atoms with E-state index in [4.69, 9.17) is 0 Å². The number of fused-ring (bicyclic) bond motifs is 2. The summed E-state index contributed by atoms with van der Waals surface area (Å²) in [5.74, 6) is 0. The number of benzene rings is 5. The van der Waals surface area contributed by atoms with Crippen molar-refractivity contribution in [3.05, 3.63) is 121 Å². The van der Waals surface area contributed by atoms with Gasteiger partial charge in [-0.1, -0.05) is 55.5 Å². The van der Waals surface area contributed by atoms with Gasteiger partial charge in [-0.25, -0.2) is 0 Å². The number of rotatable bonds is 12. The molecule has 1 unspecified atom stereocenters. The lowest BCUT2D eigenvalue weighted by atomic mass is 10.1. The summed E-state index contributed by atoms with van der Waals surface area (Å²) in [6, 6.07) is 35.7. The second-order valence-corrected chi connectivity index (χ2v) is 10.9. The fourth-order valence-electron chi connectivity index (χ4n) is 5.15. The Kier molecular flexibility index (Phi) is 8.50. The predicted octanol–water partition coefficient (Wildman–Crippen LogP) is 9.22. The van der Waals surface area contributed by atoms with Gasteiger partial charge >= 0.3 is 0 Å². The molecule has 1 heterocycles. The molecular formula is C36H38N8. The normalized spacial score (nSPS) is 11.5. The first-order valence-corrected chi connectivity index (χ1v) is 15.0. The van der Waals surface area contributed by atoms with Gasteiger partial charge in [-0.2, -0.15) is 0 Å². The van der Waals surface area contributed by atoms with E-state index in [1.54, 1.807) is 12.4 Å². The van der Waals surface area contributed by atoms with Gasteiger partial charge in [0.2, 0.25) is 0 Å². The molecule has 0 saturated carbocycles. The van der Waals surface area contributed by atoms with Crippen LogP contribution in [0.15, 0.2) is 116 Å². The second kappa shape index (κ2) is 13.1. The van der Waals surface area contributed by atoms with E-state index in [-0.39, 0.29) is 0 Å². The SMILES string of the molecule is CCC(C)Nc1ccc(NNc2ccc(NNc3ccc(NNc4cccnc4)cc3C)c3ccccc23)c2ccccc12. The molecule has 8 nitrogen and oxygen atoms in total. The fourth-order valence-corrected chi connectivity index (χ4v) is 5.15. The standard InChI is InChI=1S/C36H38N8/c1-4-25(3)38-33-17-18-34(29-12-6-5-11-28(29)33)43-44-36-20-19-35(30-13-7-8-14-31(30)36)42-41-32-16-15-26(22-24(32)2)39-40-27-10-9-21-37-23-27/h5-23,25,38-44H,4H2,1-3H3. The van der Waals surface area contributed by atoms with E-state index in [1.165, 1.54) is 5.39 Å². The van der Waals surface area contributed by atoms with Crippen molar-refractivity contribution in [1.29, 1.82) is 0 Å². The summed E-state index contributed by atoms with van der Waals surface area (Å²) in [5.41, 5.74) is 28.2. The van der Waals surface area contributed by atoms with Gasteiger partial charge in [0, 0.05) is 39.5 Å². The first-order chi connectivity index (χ1) is 21.6. The Morgan fingerprint density at radius 3 is 1.57 bits per heavy atom. The van der Waals surface area contributed by atoms with Crippen molar-refractivity contribution < 1.29 is 0 Å². The number of aromatic nitrogens is 1. The maximum Gasteiger partial charge on any atom is 0.0723 e. The number of hydrazine groups is 3. The molecule has 1 atom stereocenters. The molecule has 7 N–H and O–H groups in total. The lowest BCUT2D eigenvalue weighted by molar-refractivity contribution is 0.765. The van der Waals surface area contributed by atoms with Gasteiger partial charge in [0.05, 0.1) is 40.3 Å². The van der Waals surface area contributed by atoms with E-state index in [1.807, 2.05) is 24.3 Å². The average molecular weight is 583 g/mol. The van der Waals surface area contributed by atoms with Crippen molar-refractivity contribution in [3.63, 3.8) is 0 Å². The second-order valence-electron chi connectivity index (χ2n) is 10.9. The van der Waals surface area contributed by atoms with E-state index in [0.29, 0.717) is 6.04 Å². The van der Waals surface area contributed by atoms with E-state index < -0.39 is 0 Å². The molecule has 0 aliphatic rings. The van der Waals surface area contributed by atoms with Crippen LogP contribution >= 0.6 is 0 Å². The van der Waals surface area contributed by atoms with Gasteiger partial charge in [-0.05, 0) is 80.4 Å². The number of hydrogen-bond acceptors (Lipinski definition) is 8. The third-order valence-electron chi connectivity index (χ3n) is 7.77.